The van der Waals surface area contributed by atoms with Gasteiger partial charge in [-0.2, -0.15) is 0 Å². The molecule has 0 aliphatic heterocycles. The van der Waals surface area contributed by atoms with Gasteiger partial charge in [0.05, 0.1) is 39.1 Å². The number of aryl methyl sites for hydroxylation is 1. The van der Waals surface area contributed by atoms with E-state index < -0.39 is 0 Å². The molecule has 9 heteroatoms. The van der Waals surface area contributed by atoms with Gasteiger partial charge in [-0.15, -0.1) is 22.7 Å². The molecule has 7 nitrogen and oxygen atoms in total. The van der Waals surface area contributed by atoms with Gasteiger partial charge in [-0.25, -0.2) is 9.97 Å². The standard InChI is InChI=1S/C24H23N3O4S2/c1-14-22(15-5-8-18(29-2)9-6-15)27-24(33-14)26-21(28)12-17-13-32-23(25-17)16-7-10-19(30-3)20(11-16)31-4/h5-11,13H,12H2,1-4H3,(H,26,27,28). The van der Waals surface area contributed by atoms with Crippen molar-refractivity contribution in [3.05, 3.63) is 58.4 Å². The second kappa shape index (κ2) is 10.0. The van der Waals surface area contributed by atoms with E-state index in [9.17, 15) is 4.79 Å². The summed E-state index contributed by atoms with van der Waals surface area (Å²) >= 11 is 2.93. The van der Waals surface area contributed by atoms with Gasteiger partial charge >= 0.3 is 0 Å². The third kappa shape index (κ3) is 5.15. The molecular weight excluding hydrogens is 458 g/mol. The molecule has 170 valence electrons. The maximum Gasteiger partial charge on any atom is 0.232 e. The zero-order chi connectivity index (χ0) is 23.4. The number of nitrogens with one attached hydrogen (secondary N) is 1. The fourth-order valence-electron chi connectivity index (χ4n) is 3.28. The highest BCUT2D eigenvalue weighted by atomic mass is 32.1. The molecule has 0 spiro atoms. The Morgan fingerprint density at radius 3 is 2.36 bits per heavy atom. The Balaban J connectivity index is 1.43. The molecule has 2 aromatic heterocycles. The van der Waals surface area contributed by atoms with Crippen LogP contribution < -0.4 is 19.5 Å². The number of carbonyl (C=O) groups is 1. The summed E-state index contributed by atoms with van der Waals surface area (Å²) in [4.78, 5) is 22.9. The highest BCUT2D eigenvalue weighted by molar-refractivity contribution is 7.16. The van der Waals surface area contributed by atoms with Crippen molar-refractivity contribution in [2.24, 2.45) is 0 Å². The summed E-state index contributed by atoms with van der Waals surface area (Å²) in [5, 5.41) is 6.17. The number of hydrogen-bond acceptors (Lipinski definition) is 8. The maximum atomic E-state index is 12.6. The maximum absolute atomic E-state index is 12.6. The second-order valence-corrected chi connectivity index (χ2v) is 9.15. The van der Waals surface area contributed by atoms with Gasteiger partial charge in [0.2, 0.25) is 5.91 Å². The van der Waals surface area contributed by atoms with Crippen molar-refractivity contribution in [1.29, 1.82) is 0 Å². The van der Waals surface area contributed by atoms with Crippen LogP contribution in [-0.4, -0.2) is 37.2 Å². The number of benzene rings is 2. The lowest BCUT2D eigenvalue weighted by atomic mass is 10.1. The molecule has 0 aliphatic carbocycles. The van der Waals surface area contributed by atoms with Gasteiger partial charge in [0.1, 0.15) is 10.8 Å². The van der Waals surface area contributed by atoms with E-state index in [0.717, 1.165) is 32.5 Å². The number of hydrogen-bond donors (Lipinski definition) is 1. The number of anilines is 1. The van der Waals surface area contributed by atoms with E-state index in [-0.39, 0.29) is 12.3 Å². The van der Waals surface area contributed by atoms with E-state index in [1.54, 1.807) is 21.3 Å². The summed E-state index contributed by atoms with van der Waals surface area (Å²) in [6.07, 6.45) is 0.167. The molecule has 0 saturated heterocycles. The molecule has 0 aliphatic rings. The van der Waals surface area contributed by atoms with E-state index in [2.05, 4.69) is 15.3 Å². The molecule has 1 amide bonds. The van der Waals surface area contributed by atoms with Gasteiger partial charge < -0.3 is 19.5 Å². The summed E-state index contributed by atoms with van der Waals surface area (Å²) in [7, 11) is 4.83. The molecule has 0 saturated carbocycles. The zero-order valence-corrected chi connectivity index (χ0v) is 20.3. The molecular formula is C24H23N3O4S2. The minimum absolute atomic E-state index is 0.158. The van der Waals surface area contributed by atoms with Crippen molar-refractivity contribution < 1.29 is 19.0 Å². The van der Waals surface area contributed by atoms with Crippen molar-refractivity contribution >= 4 is 33.7 Å². The first-order chi connectivity index (χ1) is 16.0. The predicted octanol–water partition coefficient (Wildman–Crippen LogP) is 5.45. The molecule has 33 heavy (non-hydrogen) atoms. The topological polar surface area (TPSA) is 82.6 Å². The number of thiazole rings is 2. The minimum Gasteiger partial charge on any atom is -0.497 e. The zero-order valence-electron chi connectivity index (χ0n) is 18.7. The highest BCUT2D eigenvalue weighted by Crippen LogP contribution is 2.34. The number of rotatable bonds is 8. The van der Waals surface area contributed by atoms with Crippen LogP contribution >= 0.6 is 22.7 Å². The van der Waals surface area contributed by atoms with Gasteiger partial charge in [0.25, 0.3) is 0 Å². The fourth-order valence-corrected chi connectivity index (χ4v) is 4.95. The van der Waals surface area contributed by atoms with Gasteiger partial charge in [0.15, 0.2) is 16.6 Å². The Kier molecular flexibility index (Phi) is 6.90. The summed E-state index contributed by atoms with van der Waals surface area (Å²) < 4.78 is 15.9. The Hall–Kier alpha value is -3.43. The number of carbonyl (C=O) groups excluding carboxylic acids is 1. The Labute approximate surface area is 200 Å². The van der Waals surface area contributed by atoms with Crippen molar-refractivity contribution in [2.75, 3.05) is 26.6 Å². The molecule has 0 atom stereocenters. The van der Waals surface area contributed by atoms with Crippen molar-refractivity contribution in [3.8, 4) is 39.1 Å². The Morgan fingerprint density at radius 1 is 0.939 bits per heavy atom. The lowest BCUT2D eigenvalue weighted by Crippen LogP contribution is -2.14. The number of aromatic nitrogens is 2. The number of amides is 1. The SMILES string of the molecule is COc1ccc(-c2nc(NC(=O)Cc3csc(-c4ccc(OC)c(OC)c4)n3)sc2C)cc1. The number of nitrogens with zero attached hydrogens (tertiary/aromatic N) is 2. The van der Waals surface area contributed by atoms with E-state index in [4.69, 9.17) is 14.2 Å². The first-order valence-corrected chi connectivity index (χ1v) is 11.8. The van der Waals surface area contributed by atoms with Crippen LogP contribution in [0.15, 0.2) is 47.8 Å². The van der Waals surface area contributed by atoms with Gasteiger partial charge in [-0.1, -0.05) is 0 Å². The van der Waals surface area contributed by atoms with Gasteiger partial charge in [-0.3, -0.25) is 4.79 Å². The van der Waals surface area contributed by atoms with E-state index in [1.165, 1.54) is 22.7 Å². The average Bonchev–Trinajstić information content (AvgIpc) is 3.44. The smallest absolute Gasteiger partial charge is 0.232 e. The van der Waals surface area contributed by atoms with Crippen molar-refractivity contribution in [3.63, 3.8) is 0 Å². The van der Waals surface area contributed by atoms with E-state index in [1.807, 2.05) is 54.8 Å². The molecule has 2 aromatic carbocycles. The van der Waals surface area contributed by atoms with Crippen LogP contribution in [-0.2, 0) is 11.2 Å². The third-order valence-electron chi connectivity index (χ3n) is 4.93. The van der Waals surface area contributed by atoms with Crippen molar-refractivity contribution in [1.82, 2.24) is 9.97 Å². The molecule has 0 fully saturated rings. The molecule has 0 radical (unpaired) electrons. The minimum atomic E-state index is -0.158. The average molecular weight is 482 g/mol. The highest BCUT2D eigenvalue weighted by Gasteiger charge is 2.15. The molecule has 0 bridgehead atoms. The fraction of sp³-hybridized carbons (Fsp3) is 0.208. The normalized spacial score (nSPS) is 10.7. The van der Waals surface area contributed by atoms with Gasteiger partial charge in [-0.05, 0) is 49.4 Å². The summed E-state index contributed by atoms with van der Waals surface area (Å²) in [6.45, 7) is 1.99. The monoisotopic (exact) mass is 481 g/mol. The largest absolute Gasteiger partial charge is 0.497 e. The summed E-state index contributed by atoms with van der Waals surface area (Å²) in [5.41, 5.74) is 3.43. The lowest BCUT2D eigenvalue weighted by molar-refractivity contribution is -0.115. The van der Waals surface area contributed by atoms with Gasteiger partial charge in [0, 0.05) is 21.4 Å². The predicted molar refractivity (Wildman–Crippen MR) is 132 cm³/mol. The third-order valence-corrected chi connectivity index (χ3v) is 6.76. The molecule has 2 heterocycles. The van der Waals surface area contributed by atoms with Crippen LogP contribution in [0.2, 0.25) is 0 Å². The number of methoxy groups -OCH3 is 3. The van der Waals surface area contributed by atoms with Crippen LogP contribution in [0.25, 0.3) is 21.8 Å². The summed E-state index contributed by atoms with van der Waals surface area (Å²) in [5.74, 6) is 1.92. The molecule has 1 N–H and O–H groups in total. The lowest BCUT2D eigenvalue weighted by Gasteiger charge is -2.08. The van der Waals surface area contributed by atoms with Crippen LogP contribution in [0.4, 0.5) is 5.13 Å². The van der Waals surface area contributed by atoms with Crippen LogP contribution in [0, 0.1) is 6.92 Å². The first-order valence-electron chi connectivity index (χ1n) is 10.1. The molecule has 4 rings (SSSR count). The first kappa shape index (κ1) is 22.8. The van der Waals surface area contributed by atoms with E-state index >= 15 is 0 Å². The van der Waals surface area contributed by atoms with Crippen LogP contribution in [0.1, 0.15) is 10.6 Å². The molecule has 0 unspecified atom stereocenters. The van der Waals surface area contributed by atoms with Crippen LogP contribution in [0.5, 0.6) is 17.2 Å². The quantitative estimate of drug-likeness (QED) is 0.360. The Bertz CT molecular complexity index is 1270. The Morgan fingerprint density at radius 2 is 1.67 bits per heavy atom. The second-order valence-electron chi connectivity index (χ2n) is 7.09. The van der Waals surface area contributed by atoms with Crippen LogP contribution in [0.3, 0.4) is 0 Å². The van der Waals surface area contributed by atoms with Crippen molar-refractivity contribution in [2.45, 2.75) is 13.3 Å². The summed E-state index contributed by atoms with van der Waals surface area (Å²) in [6, 6.07) is 13.3. The number of ether oxygens (including phenoxy) is 3. The van der Waals surface area contributed by atoms with E-state index in [0.29, 0.717) is 22.3 Å². The molecule has 4 aromatic rings.